The van der Waals surface area contributed by atoms with Gasteiger partial charge in [-0.05, 0) is 26.2 Å². The molecule has 8 heteroatoms. The van der Waals surface area contributed by atoms with E-state index in [1.165, 1.54) is 0 Å². The van der Waals surface area contributed by atoms with Crippen molar-refractivity contribution in [3.8, 4) is 0 Å². The zero-order chi connectivity index (χ0) is 18.9. The van der Waals surface area contributed by atoms with Crippen molar-refractivity contribution >= 4 is 18.0 Å². The number of amides is 2. The maximum atomic E-state index is 12.8. The monoisotopic (exact) mass is 344 g/mol. The van der Waals surface area contributed by atoms with E-state index in [9.17, 15) is 24.6 Å². The molecule has 0 spiro atoms. The van der Waals surface area contributed by atoms with Crippen molar-refractivity contribution in [2.75, 3.05) is 6.54 Å². The highest BCUT2D eigenvalue weighted by atomic mass is 16.6. The Bertz CT molecular complexity index is 506. The van der Waals surface area contributed by atoms with Gasteiger partial charge < -0.3 is 25.2 Å². The van der Waals surface area contributed by atoms with Crippen molar-refractivity contribution in [3.05, 3.63) is 0 Å². The van der Waals surface area contributed by atoms with E-state index < -0.39 is 47.2 Å². The SMILES string of the molecule is CC(C)(C)OC(=O)NC(C(=O)N1CC(O)C[C@@H]1C(=O)O)C(C)(C)C. The minimum absolute atomic E-state index is 0.0234. The Morgan fingerprint density at radius 1 is 1.17 bits per heavy atom. The van der Waals surface area contributed by atoms with Crippen LogP contribution in [0.1, 0.15) is 48.0 Å². The van der Waals surface area contributed by atoms with E-state index in [-0.39, 0.29) is 13.0 Å². The molecule has 1 rings (SSSR count). The van der Waals surface area contributed by atoms with Crippen LogP contribution in [-0.2, 0) is 14.3 Å². The topological polar surface area (TPSA) is 116 Å². The fraction of sp³-hybridized carbons (Fsp3) is 0.812. The molecule has 1 aliphatic rings. The highest BCUT2D eigenvalue weighted by molar-refractivity contribution is 5.90. The molecule has 0 aliphatic carbocycles. The van der Waals surface area contributed by atoms with Crippen molar-refractivity contribution in [1.29, 1.82) is 0 Å². The highest BCUT2D eigenvalue weighted by Gasteiger charge is 2.44. The average Bonchev–Trinajstić information content (AvgIpc) is 2.74. The molecule has 2 unspecified atom stereocenters. The smallest absolute Gasteiger partial charge is 0.408 e. The number of carbonyl (C=O) groups excluding carboxylic acids is 2. The van der Waals surface area contributed by atoms with E-state index in [2.05, 4.69) is 5.32 Å². The summed E-state index contributed by atoms with van der Waals surface area (Å²) in [5.74, 6) is -1.72. The number of carboxylic acids is 1. The third kappa shape index (κ3) is 5.36. The Hall–Kier alpha value is -1.83. The summed E-state index contributed by atoms with van der Waals surface area (Å²) in [6.45, 7) is 10.3. The van der Waals surface area contributed by atoms with Crippen molar-refractivity contribution < 1.29 is 29.3 Å². The van der Waals surface area contributed by atoms with Gasteiger partial charge in [0.1, 0.15) is 17.7 Å². The number of carboxylic acid groups (broad SMARTS) is 1. The third-order valence-corrected chi connectivity index (χ3v) is 3.62. The van der Waals surface area contributed by atoms with E-state index in [4.69, 9.17) is 4.74 Å². The van der Waals surface area contributed by atoms with Crippen molar-refractivity contribution in [2.24, 2.45) is 5.41 Å². The first kappa shape index (κ1) is 20.2. The van der Waals surface area contributed by atoms with Crippen molar-refractivity contribution in [3.63, 3.8) is 0 Å². The van der Waals surface area contributed by atoms with Gasteiger partial charge in [-0.15, -0.1) is 0 Å². The Morgan fingerprint density at radius 3 is 2.12 bits per heavy atom. The van der Waals surface area contributed by atoms with Crippen LogP contribution in [0.15, 0.2) is 0 Å². The summed E-state index contributed by atoms with van der Waals surface area (Å²) < 4.78 is 5.19. The largest absolute Gasteiger partial charge is 0.480 e. The Labute approximate surface area is 142 Å². The third-order valence-electron chi connectivity index (χ3n) is 3.62. The number of hydrogen-bond acceptors (Lipinski definition) is 5. The summed E-state index contributed by atoms with van der Waals surface area (Å²) in [5, 5.41) is 21.5. The number of aliphatic hydroxyl groups excluding tert-OH is 1. The van der Waals surface area contributed by atoms with Crippen molar-refractivity contribution in [1.82, 2.24) is 10.2 Å². The van der Waals surface area contributed by atoms with Crippen LogP contribution in [0.2, 0.25) is 0 Å². The molecule has 0 bridgehead atoms. The van der Waals surface area contributed by atoms with Crippen LogP contribution in [0, 0.1) is 5.41 Å². The van der Waals surface area contributed by atoms with E-state index in [0.29, 0.717) is 0 Å². The molecule has 0 radical (unpaired) electrons. The fourth-order valence-corrected chi connectivity index (χ4v) is 2.53. The number of nitrogens with zero attached hydrogens (tertiary/aromatic N) is 1. The molecule has 1 saturated heterocycles. The first-order valence-electron chi connectivity index (χ1n) is 7.93. The fourth-order valence-electron chi connectivity index (χ4n) is 2.53. The average molecular weight is 344 g/mol. The lowest BCUT2D eigenvalue weighted by Crippen LogP contribution is -2.57. The van der Waals surface area contributed by atoms with Crippen LogP contribution >= 0.6 is 0 Å². The highest BCUT2D eigenvalue weighted by Crippen LogP contribution is 2.26. The van der Waals surface area contributed by atoms with Crippen LogP contribution in [0.4, 0.5) is 4.79 Å². The summed E-state index contributed by atoms with van der Waals surface area (Å²) >= 11 is 0. The van der Waals surface area contributed by atoms with Gasteiger partial charge in [0.05, 0.1) is 6.10 Å². The predicted octanol–water partition coefficient (Wildman–Crippen LogP) is 0.972. The van der Waals surface area contributed by atoms with Gasteiger partial charge in [0, 0.05) is 13.0 Å². The molecule has 1 aliphatic heterocycles. The number of aliphatic hydroxyl groups is 1. The van der Waals surface area contributed by atoms with E-state index in [1.807, 2.05) is 0 Å². The standard InChI is InChI=1S/C16H28N2O6/c1-15(2,3)11(17-14(23)24-16(4,5)6)12(20)18-8-9(19)7-10(18)13(21)22/h9-11,19H,7-8H2,1-6H3,(H,17,23)(H,21,22)/t9?,10-,11?/m1/s1. The van der Waals surface area contributed by atoms with E-state index in [0.717, 1.165) is 4.90 Å². The molecule has 3 N–H and O–H groups in total. The normalized spacial score (nSPS) is 22.9. The second-order valence-corrected chi connectivity index (χ2v) is 8.18. The van der Waals surface area contributed by atoms with Gasteiger partial charge in [-0.3, -0.25) is 4.79 Å². The maximum absolute atomic E-state index is 12.8. The molecule has 1 heterocycles. The Kier molecular flexibility index (Phi) is 5.86. The van der Waals surface area contributed by atoms with Crippen LogP contribution in [-0.4, -0.2) is 63.4 Å². The maximum Gasteiger partial charge on any atom is 0.408 e. The minimum atomic E-state index is -1.18. The van der Waals surface area contributed by atoms with Gasteiger partial charge in [0.25, 0.3) is 0 Å². The molecule has 3 atom stereocenters. The Balaban J connectivity index is 2.98. The molecule has 2 amide bonds. The summed E-state index contributed by atoms with van der Waals surface area (Å²) in [6, 6.07) is -2.07. The number of likely N-dealkylation sites (tertiary alicyclic amines) is 1. The second kappa shape index (κ2) is 6.96. The zero-order valence-electron chi connectivity index (χ0n) is 15.1. The van der Waals surface area contributed by atoms with Gasteiger partial charge in [-0.1, -0.05) is 20.8 Å². The first-order valence-corrected chi connectivity index (χ1v) is 7.93. The Morgan fingerprint density at radius 2 is 1.71 bits per heavy atom. The number of carbonyl (C=O) groups is 3. The summed E-state index contributed by atoms with van der Waals surface area (Å²) in [7, 11) is 0. The van der Waals surface area contributed by atoms with Gasteiger partial charge in [0.15, 0.2) is 0 Å². The molecule has 0 aromatic heterocycles. The number of hydrogen-bond donors (Lipinski definition) is 3. The van der Waals surface area contributed by atoms with E-state index in [1.54, 1.807) is 41.5 Å². The number of nitrogens with one attached hydrogen (secondary N) is 1. The van der Waals surface area contributed by atoms with E-state index >= 15 is 0 Å². The molecule has 0 aromatic rings. The lowest BCUT2D eigenvalue weighted by molar-refractivity contribution is -0.150. The molecular weight excluding hydrogens is 316 g/mol. The second-order valence-electron chi connectivity index (χ2n) is 8.18. The number of alkyl carbamates (subject to hydrolysis) is 1. The molecule has 0 aromatic carbocycles. The zero-order valence-corrected chi connectivity index (χ0v) is 15.1. The van der Waals surface area contributed by atoms with Crippen LogP contribution < -0.4 is 5.32 Å². The lowest BCUT2D eigenvalue weighted by Gasteiger charge is -2.35. The van der Waals surface area contributed by atoms with Crippen LogP contribution in [0.5, 0.6) is 0 Å². The first-order chi connectivity index (χ1) is 10.7. The van der Waals surface area contributed by atoms with Crippen LogP contribution in [0.25, 0.3) is 0 Å². The summed E-state index contributed by atoms with van der Waals surface area (Å²) in [4.78, 5) is 37.3. The van der Waals surface area contributed by atoms with Crippen molar-refractivity contribution in [2.45, 2.75) is 71.8 Å². The molecular formula is C16H28N2O6. The predicted molar refractivity (Wildman–Crippen MR) is 86.4 cm³/mol. The van der Waals surface area contributed by atoms with Gasteiger partial charge in [-0.25, -0.2) is 9.59 Å². The molecule has 138 valence electrons. The lowest BCUT2D eigenvalue weighted by atomic mass is 9.85. The summed E-state index contributed by atoms with van der Waals surface area (Å²) in [5.41, 5.74) is -1.38. The molecule has 8 nitrogen and oxygen atoms in total. The molecule has 0 saturated carbocycles. The summed E-state index contributed by atoms with van der Waals surface area (Å²) in [6.07, 6.45) is -1.66. The number of ether oxygens (including phenoxy) is 1. The van der Waals surface area contributed by atoms with Gasteiger partial charge >= 0.3 is 12.1 Å². The quantitative estimate of drug-likeness (QED) is 0.702. The molecule has 24 heavy (non-hydrogen) atoms. The van der Waals surface area contributed by atoms with Crippen LogP contribution in [0.3, 0.4) is 0 Å². The number of aliphatic carboxylic acids is 1. The molecule has 1 fully saturated rings. The number of rotatable bonds is 3. The number of β-amino-alcohol motifs (C(OH)–C–C–N with tert-alkyl or cyclic N) is 1. The minimum Gasteiger partial charge on any atom is -0.480 e. The van der Waals surface area contributed by atoms with Gasteiger partial charge in [-0.2, -0.15) is 0 Å². The van der Waals surface area contributed by atoms with Gasteiger partial charge in [0.2, 0.25) is 5.91 Å².